The molecule has 1 fully saturated rings. The van der Waals surface area contributed by atoms with Crippen LogP contribution in [-0.2, 0) is 9.53 Å². The summed E-state index contributed by atoms with van der Waals surface area (Å²) in [5.41, 5.74) is 1.37. The Morgan fingerprint density at radius 1 is 1.26 bits per heavy atom. The fraction of sp³-hybridized carbons (Fsp3) is 0.357. The number of hydrogen-bond acceptors (Lipinski definition) is 2. The minimum Gasteiger partial charge on any atom is -0.366 e. The summed E-state index contributed by atoms with van der Waals surface area (Å²) in [6.45, 7) is 0. The summed E-state index contributed by atoms with van der Waals surface area (Å²) in [6.07, 6.45) is 5.01. The fourth-order valence-corrected chi connectivity index (χ4v) is 2.81. The van der Waals surface area contributed by atoms with Crippen LogP contribution in [-0.4, -0.2) is 18.1 Å². The summed E-state index contributed by atoms with van der Waals surface area (Å²) in [4.78, 5) is 12.2. The number of fused-ring (bicyclic) bond motifs is 2. The number of halogens is 2. The highest BCUT2D eigenvalue weighted by molar-refractivity contribution is 6.42. The molecule has 0 spiro atoms. The summed E-state index contributed by atoms with van der Waals surface area (Å²) in [6, 6.07) is 5.04. The number of carbonyl (C=O) groups excluding carboxylic acids is 1. The molecule has 0 saturated carbocycles. The number of benzene rings is 1. The van der Waals surface area contributed by atoms with Gasteiger partial charge in [0.2, 0.25) is 0 Å². The molecule has 1 N–H and O–H groups in total. The first-order chi connectivity index (χ1) is 9.13. The lowest BCUT2D eigenvalue weighted by Gasteiger charge is -2.21. The van der Waals surface area contributed by atoms with Crippen molar-refractivity contribution in [2.24, 2.45) is 0 Å². The standard InChI is InChI=1S/C14H13Cl2NO2/c15-11-5-4-8(6-12(11)16)17-14(18)10-7-9-2-1-3-13(10)19-9/h4-7,9,13H,1-3H2,(H,17,18). The molecule has 100 valence electrons. The summed E-state index contributed by atoms with van der Waals surface area (Å²) < 4.78 is 5.71. The van der Waals surface area contributed by atoms with Gasteiger partial charge in [0.15, 0.2) is 0 Å². The molecule has 2 aliphatic rings. The van der Waals surface area contributed by atoms with E-state index in [9.17, 15) is 4.79 Å². The number of hydrogen-bond donors (Lipinski definition) is 1. The Hall–Kier alpha value is -1.03. The zero-order chi connectivity index (χ0) is 13.4. The maximum Gasteiger partial charge on any atom is 0.253 e. The fourth-order valence-electron chi connectivity index (χ4n) is 2.51. The van der Waals surface area contributed by atoms with E-state index in [1.807, 2.05) is 6.08 Å². The maximum atomic E-state index is 12.2. The highest BCUT2D eigenvalue weighted by atomic mass is 35.5. The lowest BCUT2D eigenvalue weighted by atomic mass is 10.1. The van der Waals surface area contributed by atoms with E-state index in [1.165, 1.54) is 0 Å². The lowest BCUT2D eigenvalue weighted by molar-refractivity contribution is -0.114. The van der Waals surface area contributed by atoms with Gasteiger partial charge in [-0.05, 0) is 43.5 Å². The molecule has 19 heavy (non-hydrogen) atoms. The number of rotatable bonds is 2. The molecule has 5 heteroatoms. The predicted molar refractivity (Wildman–Crippen MR) is 75.7 cm³/mol. The Morgan fingerprint density at radius 3 is 2.84 bits per heavy atom. The van der Waals surface area contributed by atoms with Crippen molar-refractivity contribution in [3.05, 3.63) is 39.9 Å². The van der Waals surface area contributed by atoms with Crippen molar-refractivity contribution in [2.45, 2.75) is 31.5 Å². The van der Waals surface area contributed by atoms with E-state index >= 15 is 0 Å². The minimum atomic E-state index is -0.118. The van der Waals surface area contributed by atoms with Crippen LogP contribution >= 0.6 is 23.2 Å². The van der Waals surface area contributed by atoms with Crippen LogP contribution in [0.5, 0.6) is 0 Å². The summed E-state index contributed by atoms with van der Waals surface area (Å²) in [7, 11) is 0. The molecule has 3 nitrogen and oxygen atoms in total. The van der Waals surface area contributed by atoms with E-state index in [2.05, 4.69) is 5.32 Å². The van der Waals surface area contributed by atoms with Gasteiger partial charge >= 0.3 is 0 Å². The smallest absolute Gasteiger partial charge is 0.253 e. The van der Waals surface area contributed by atoms with Crippen LogP contribution in [0.25, 0.3) is 0 Å². The molecule has 2 atom stereocenters. The molecule has 0 aliphatic carbocycles. The van der Waals surface area contributed by atoms with Crippen LogP contribution in [0.1, 0.15) is 19.3 Å². The summed E-state index contributed by atoms with van der Waals surface area (Å²) in [5.74, 6) is -0.118. The Bertz CT molecular complexity index is 556. The monoisotopic (exact) mass is 297 g/mol. The second-order valence-corrected chi connectivity index (χ2v) is 5.61. The number of carbonyl (C=O) groups is 1. The second kappa shape index (κ2) is 5.16. The molecular formula is C14H13Cl2NO2. The highest BCUT2D eigenvalue weighted by Crippen LogP contribution is 2.33. The van der Waals surface area contributed by atoms with Gasteiger partial charge < -0.3 is 10.1 Å². The van der Waals surface area contributed by atoms with Crippen molar-refractivity contribution < 1.29 is 9.53 Å². The lowest BCUT2D eigenvalue weighted by Crippen LogP contribution is -2.25. The Kier molecular flexibility index (Phi) is 3.52. The van der Waals surface area contributed by atoms with Crippen LogP contribution in [0.15, 0.2) is 29.8 Å². The minimum absolute atomic E-state index is 0.0541. The van der Waals surface area contributed by atoms with Crippen LogP contribution in [0.4, 0.5) is 5.69 Å². The maximum absolute atomic E-state index is 12.2. The molecule has 1 aromatic carbocycles. The predicted octanol–water partition coefficient (Wildman–Crippen LogP) is 3.81. The summed E-state index contributed by atoms with van der Waals surface area (Å²) >= 11 is 11.8. The topological polar surface area (TPSA) is 38.3 Å². The van der Waals surface area contributed by atoms with Gasteiger partial charge in [0.1, 0.15) is 0 Å². The first kappa shape index (κ1) is 13.0. The average molecular weight is 298 g/mol. The van der Waals surface area contributed by atoms with Crippen molar-refractivity contribution in [3.8, 4) is 0 Å². The molecule has 2 aliphatic heterocycles. The van der Waals surface area contributed by atoms with Crippen molar-refractivity contribution >= 4 is 34.8 Å². The number of ether oxygens (including phenoxy) is 1. The van der Waals surface area contributed by atoms with Crippen LogP contribution < -0.4 is 5.32 Å². The Morgan fingerprint density at radius 2 is 2.11 bits per heavy atom. The molecule has 2 heterocycles. The Labute approximate surface area is 121 Å². The van der Waals surface area contributed by atoms with Crippen LogP contribution in [0.2, 0.25) is 10.0 Å². The van der Waals surface area contributed by atoms with E-state index < -0.39 is 0 Å². The molecule has 1 saturated heterocycles. The van der Waals surface area contributed by atoms with Gasteiger partial charge in [-0.2, -0.15) is 0 Å². The van der Waals surface area contributed by atoms with Crippen LogP contribution in [0, 0.1) is 0 Å². The van der Waals surface area contributed by atoms with Crippen LogP contribution in [0.3, 0.4) is 0 Å². The normalized spacial score (nSPS) is 25.1. The van der Waals surface area contributed by atoms with Crippen molar-refractivity contribution in [2.75, 3.05) is 5.32 Å². The second-order valence-electron chi connectivity index (χ2n) is 4.80. The largest absolute Gasteiger partial charge is 0.366 e. The van der Waals surface area contributed by atoms with Gasteiger partial charge in [-0.1, -0.05) is 23.2 Å². The molecule has 2 bridgehead atoms. The quantitative estimate of drug-likeness (QED) is 0.901. The van der Waals surface area contributed by atoms with Gasteiger partial charge in [-0.15, -0.1) is 0 Å². The third kappa shape index (κ3) is 2.64. The number of anilines is 1. The average Bonchev–Trinajstić information content (AvgIpc) is 2.69. The molecule has 1 amide bonds. The van der Waals surface area contributed by atoms with Gasteiger partial charge in [-0.3, -0.25) is 4.79 Å². The molecule has 0 radical (unpaired) electrons. The molecular weight excluding hydrogens is 285 g/mol. The van der Waals surface area contributed by atoms with Gasteiger partial charge in [0.05, 0.1) is 22.3 Å². The molecule has 1 aromatic rings. The van der Waals surface area contributed by atoms with E-state index in [-0.39, 0.29) is 18.1 Å². The zero-order valence-corrected chi connectivity index (χ0v) is 11.7. The first-order valence-corrected chi connectivity index (χ1v) is 7.02. The third-order valence-corrected chi connectivity index (χ3v) is 4.19. The van der Waals surface area contributed by atoms with Crippen molar-refractivity contribution in [3.63, 3.8) is 0 Å². The first-order valence-electron chi connectivity index (χ1n) is 6.27. The molecule has 2 unspecified atom stereocenters. The van der Waals surface area contributed by atoms with Gasteiger partial charge in [0, 0.05) is 11.3 Å². The Balaban J connectivity index is 1.75. The van der Waals surface area contributed by atoms with E-state index in [0.29, 0.717) is 15.7 Å². The number of nitrogens with one attached hydrogen (secondary N) is 1. The zero-order valence-electron chi connectivity index (χ0n) is 10.2. The van der Waals surface area contributed by atoms with Crippen molar-refractivity contribution in [1.82, 2.24) is 0 Å². The van der Waals surface area contributed by atoms with E-state index in [1.54, 1.807) is 18.2 Å². The number of amides is 1. The summed E-state index contributed by atoms with van der Waals surface area (Å²) in [5, 5.41) is 3.73. The highest BCUT2D eigenvalue weighted by Gasteiger charge is 2.34. The van der Waals surface area contributed by atoms with Gasteiger partial charge in [0.25, 0.3) is 5.91 Å². The van der Waals surface area contributed by atoms with E-state index in [4.69, 9.17) is 27.9 Å². The van der Waals surface area contributed by atoms with E-state index in [0.717, 1.165) is 24.8 Å². The third-order valence-electron chi connectivity index (χ3n) is 3.45. The molecule has 0 aromatic heterocycles. The van der Waals surface area contributed by atoms with Gasteiger partial charge in [-0.25, -0.2) is 0 Å². The van der Waals surface area contributed by atoms with Crippen molar-refractivity contribution in [1.29, 1.82) is 0 Å². The SMILES string of the molecule is O=C(Nc1ccc(Cl)c(Cl)c1)C1=CC2CCCC1O2. The molecule has 3 rings (SSSR count).